The van der Waals surface area contributed by atoms with Crippen molar-refractivity contribution in [2.45, 2.75) is 59.1 Å². The maximum absolute atomic E-state index is 12.5. The van der Waals surface area contributed by atoms with Gasteiger partial charge in [0.25, 0.3) is 0 Å². The summed E-state index contributed by atoms with van der Waals surface area (Å²) in [5.74, 6) is -0.382. The van der Waals surface area contributed by atoms with Crippen LogP contribution in [0, 0.1) is 12.8 Å². The van der Waals surface area contributed by atoms with Crippen molar-refractivity contribution in [2.75, 3.05) is 0 Å². The molecular weight excluding hydrogens is 440 g/mol. The number of hydrogen-bond acceptors (Lipinski definition) is 4. The number of nitrogens with zero attached hydrogens (tertiary/aromatic N) is 1. The molecule has 3 aromatic rings. The van der Waals surface area contributed by atoms with Crippen LogP contribution in [0.15, 0.2) is 48.5 Å². The largest absolute Gasteiger partial charge is 0.478 e. The number of carboxylic acids is 1. The number of aromatic nitrogens is 1. The van der Waals surface area contributed by atoms with Crippen LogP contribution >= 0.6 is 0 Å². The quantitative estimate of drug-likeness (QED) is 0.395. The number of aryl methyl sites for hydroxylation is 1. The second kappa shape index (κ2) is 9.90. The lowest BCUT2D eigenvalue weighted by Gasteiger charge is -2.22. The van der Waals surface area contributed by atoms with E-state index < -0.39 is 17.7 Å². The van der Waals surface area contributed by atoms with Crippen LogP contribution in [0.3, 0.4) is 0 Å². The zero-order chi connectivity index (χ0) is 25.2. The Kier molecular flexibility index (Phi) is 6.92. The maximum atomic E-state index is 12.5. The molecule has 0 bridgehead atoms. The zero-order valence-electron chi connectivity index (χ0n) is 20.7. The second-order valence-electron chi connectivity index (χ2n) is 10.2. The number of ether oxygens (including phenoxy) is 1. The molecule has 35 heavy (non-hydrogen) atoms. The Hall–Kier alpha value is -3.67. The number of rotatable bonds is 7. The van der Waals surface area contributed by atoms with E-state index in [-0.39, 0.29) is 6.54 Å². The molecule has 4 rings (SSSR count). The van der Waals surface area contributed by atoms with Gasteiger partial charge in [-0.1, -0.05) is 35.9 Å². The molecule has 1 aromatic heterocycles. The lowest BCUT2D eigenvalue weighted by molar-refractivity contribution is -0.131. The topological polar surface area (TPSA) is 88.5 Å². The van der Waals surface area contributed by atoms with E-state index in [0.717, 1.165) is 56.9 Å². The third-order valence-corrected chi connectivity index (χ3v) is 5.94. The fourth-order valence-corrected chi connectivity index (χ4v) is 4.12. The molecule has 1 amide bonds. The maximum Gasteiger partial charge on any atom is 0.407 e. The molecule has 1 aliphatic rings. The van der Waals surface area contributed by atoms with Crippen molar-refractivity contribution in [2.24, 2.45) is 5.92 Å². The van der Waals surface area contributed by atoms with Crippen LogP contribution in [-0.2, 0) is 22.5 Å². The van der Waals surface area contributed by atoms with E-state index in [1.54, 1.807) is 6.08 Å². The van der Waals surface area contributed by atoms with E-state index in [2.05, 4.69) is 29.6 Å². The summed E-state index contributed by atoms with van der Waals surface area (Å²) in [6.07, 6.45) is 5.49. The summed E-state index contributed by atoms with van der Waals surface area (Å²) in [5.41, 5.74) is 6.18. The fraction of sp³-hybridized carbons (Fsp3) is 0.345. The van der Waals surface area contributed by atoms with Gasteiger partial charge < -0.3 is 15.2 Å². The molecule has 1 heterocycles. The van der Waals surface area contributed by atoms with Crippen molar-refractivity contribution in [1.82, 2.24) is 10.3 Å². The van der Waals surface area contributed by atoms with Gasteiger partial charge in [0.05, 0.1) is 5.52 Å². The molecule has 1 fully saturated rings. The Balaban J connectivity index is 1.87. The Morgan fingerprint density at radius 3 is 2.49 bits per heavy atom. The van der Waals surface area contributed by atoms with Crippen LogP contribution in [0.1, 0.15) is 56.0 Å². The van der Waals surface area contributed by atoms with Crippen molar-refractivity contribution in [1.29, 1.82) is 0 Å². The van der Waals surface area contributed by atoms with Gasteiger partial charge in [-0.2, -0.15) is 0 Å². The SMILES string of the molecule is Cc1ccc(-c2c(CNC(=O)OC(C)(C)C)c(CC3CC3)nc3ccc(/C=C/C(=O)O)cc23)cc1. The van der Waals surface area contributed by atoms with Crippen LogP contribution < -0.4 is 5.32 Å². The number of aliphatic carboxylic acids is 1. The first-order valence-corrected chi connectivity index (χ1v) is 12.0. The first-order valence-electron chi connectivity index (χ1n) is 12.0. The van der Waals surface area contributed by atoms with Crippen molar-refractivity contribution >= 4 is 29.0 Å². The monoisotopic (exact) mass is 472 g/mol. The molecule has 182 valence electrons. The standard InChI is InChI=1S/C29H32N2O4/c1-18-5-11-21(12-6-18)27-22-15-19(10-14-26(32)33)9-13-24(22)31-25(16-20-7-8-20)23(27)17-30-28(34)35-29(2,3)4/h5-6,9-15,20H,7-8,16-17H2,1-4H3,(H,30,34)(H,32,33)/b14-10+. The molecule has 0 unspecified atom stereocenters. The highest BCUT2D eigenvalue weighted by atomic mass is 16.6. The Morgan fingerprint density at radius 1 is 1.14 bits per heavy atom. The normalized spacial score (nSPS) is 13.8. The first-order chi connectivity index (χ1) is 16.6. The van der Waals surface area contributed by atoms with E-state index in [0.29, 0.717) is 5.92 Å². The molecule has 0 spiro atoms. The third kappa shape index (κ3) is 6.47. The number of carboxylic acid groups (broad SMARTS) is 1. The number of alkyl carbamates (subject to hydrolysis) is 1. The van der Waals surface area contributed by atoms with E-state index >= 15 is 0 Å². The van der Waals surface area contributed by atoms with Crippen LogP contribution in [0.25, 0.3) is 28.1 Å². The summed E-state index contributed by atoms with van der Waals surface area (Å²) >= 11 is 0. The van der Waals surface area contributed by atoms with E-state index in [1.165, 1.54) is 12.8 Å². The molecule has 6 heteroatoms. The molecular formula is C29H32N2O4. The number of carbonyl (C=O) groups is 2. The summed E-state index contributed by atoms with van der Waals surface area (Å²) in [7, 11) is 0. The average molecular weight is 473 g/mol. The van der Waals surface area contributed by atoms with Gasteiger partial charge >= 0.3 is 12.1 Å². The number of amides is 1. The summed E-state index contributed by atoms with van der Waals surface area (Å²) in [6, 6.07) is 14.1. The summed E-state index contributed by atoms with van der Waals surface area (Å²) in [4.78, 5) is 28.6. The van der Waals surface area contributed by atoms with Gasteiger partial charge in [-0.3, -0.25) is 4.98 Å². The third-order valence-electron chi connectivity index (χ3n) is 5.94. The van der Waals surface area contributed by atoms with Crippen LogP contribution in [0.4, 0.5) is 4.79 Å². The summed E-state index contributed by atoms with van der Waals surface area (Å²) in [5, 5.41) is 12.9. The molecule has 2 N–H and O–H groups in total. The minimum Gasteiger partial charge on any atom is -0.478 e. The Morgan fingerprint density at radius 2 is 1.86 bits per heavy atom. The molecule has 2 aromatic carbocycles. The van der Waals surface area contributed by atoms with Crippen LogP contribution in [0.2, 0.25) is 0 Å². The van der Waals surface area contributed by atoms with Crippen molar-refractivity contribution in [3.63, 3.8) is 0 Å². The van der Waals surface area contributed by atoms with E-state index in [4.69, 9.17) is 14.8 Å². The molecule has 1 saturated carbocycles. The average Bonchev–Trinajstić information content (AvgIpc) is 3.59. The minimum absolute atomic E-state index is 0.290. The molecule has 0 atom stereocenters. The highest BCUT2D eigenvalue weighted by molar-refractivity contribution is 5.98. The van der Waals surface area contributed by atoms with Gasteiger partial charge in [-0.25, -0.2) is 9.59 Å². The van der Waals surface area contributed by atoms with Crippen molar-refractivity contribution in [3.05, 3.63) is 70.9 Å². The summed E-state index contributed by atoms with van der Waals surface area (Å²) in [6.45, 7) is 7.86. The highest BCUT2D eigenvalue weighted by Gasteiger charge is 2.26. The van der Waals surface area contributed by atoms with Gasteiger partial charge in [-0.15, -0.1) is 0 Å². The van der Waals surface area contributed by atoms with Crippen LogP contribution in [0.5, 0.6) is 0 Å². The molecule has 0 aliphatic heterocycles. The smallest absolute Gasteiger partial charge is 0.407 e. The molecule has 0 saturated heterocycles. The van der Waals surface area contributed by atoms with Gasteiger partial charge in [0.1, 0.15) is 5.60 Å². The molecule has 0 radical (unpaired) electrons. The number of pyridine rings is 1. The van der Waals surface area contributed by atoms with Crippen molar-refractivity contribution in [3.8, 4) is 11.1 Å². The minimum atomic E-state index is -0.996. The van der Waals surface area contributed by atoms with E-state index in [1.807, 2.05) is 45.9 Å². The van der Waals surface area contributed by atoms with E-state index in [9.17, 15) is 9.59 Å². The number of nitrogens with one attached hydrogen (secondary N) is 1. The lowest BCUT2D eigenvalue weighted by atomic mass is 9.91. The fourth-order valence-electron chi connectivity index (χ4n) is 4.12. The van der Waals surface area contributed by atoms with Crippen molar-refractivity contribution < 1.29 is 19.4 Å². The molecule has 1 aliphatic carbocycles. The molecule has 6 nitrogen and oxygen atoms in total. The zero-order valence-corrected chi connectivity index (χ0v) is 20.7. The number of benzene rings is 2. The van der Waals surface area contributed by atoms with Gasteiger partial charge in [0.15, 0.2) is 0 Å². The van der Waals surface area contributed by atoms with Gasteiger partial charge in [0.2, 0.25) is 0 Å². The van der Waals surface area contributed by atoms with Gasteiger partial charge in [0, 0.05) is 29.3 Å². The van der Waals surface area contributed by atoms with Gasteiger partial charge in [-0.05, 0) is 87.8 Å². The Labute approximate surface area is 206 Å². The summed E-state index contributed by atoms with van der Waals surface area (Å²) < 4.78 is 5.48. The lowest BCUT2D eigenvalue weighted by Crippen LogP contribution is -2.32. The number of carbonyl (C=O) groups excluding carboxylic acids is 1. The predicted molar refractivity (Wildman–Crippen MR) is 138 cm³/mol. The predicted octanol–water partition coefficient (Wildman–Crippen LogP) is 6.29. The Bertz CT molecular complexity index is 1280. The van der Waals surface area contributed by atoms with Crippen LogP contribution in [-0.4, -0.2) is 27.8 Å². The second-order valence-corrected chi connectivity index (χ2v) is 10.2. The first kappa shape index (κ1) is 24.5. The number of fused-ring (bicyclic) bond motifs is 1. The number of hydrogen-bond donors (Lipinski definition) is 2. The highest BCUT2D eigenvalue weighted by Crippen LogP contribution is 2.38.